The number of rotatable bonds is 3. The molecule has 14 heavy (non-hydrogen) atoms. The number of halogens is 2. The summed E-state index contributed by atoms with van der Waals surface area (Å²) >= 11 is 11.8. The number of nitrogens with one attached hydrogen (secondary N) is 1. The molecule has 0 amide bonds. The van der Waals surface area contributed by atoms with Gasteiger partial charge in [0.15, 0.2) is 5.75 Å². The van der Waals surface area contributed by atoms with Gasteiger partial charge in [-0.3, -0.25) is 0 Å². The molecule has 0 spiro atoms. The van der Waals surface area contributed by atoms with E-state index in [0.717, 1.165) is 5.56 Å². The third-order valence-corrected chi connectivity index (χ3v) is 2.13. The van der Waals surface area contributed by atoms with E-state index in [0.29, 0.717) is 15.8 Å². The lowest BCUT2D eigenvalue weighted by Gasteiger charge is -2.05. The third kappa shape index (κ3) is 2.53. The Morgan fingerprint density at radius 2 is 1.93 bits per heavy atom. The van der Waals surface area contributed by atoms with Gasteiger partial charge in [0.2, 0.25) is 0 Å². The largest absolute Gasteiger partial charge is 0.494 e. The van der Waals surface area contributed by atoms with Gasteiger partial charge in [0, 0.05) is 7.05 Å². The van der Waals surface area contributed by atoms with E-state index in [4.69, 9.17) is 27.9 Å². The summed E-state index contributed by atoms with van der Waals surface area (Å²) in [5.74, 6) is 0.481. The number of ether oxygens (including phenoxy) is 1. The van der Waals surface area contributed by atoms with Crippen molar-refractivity contribution in [1.29, 1.82) is 0 Å². The maximum absolute atomic E-state index is 5.92. The Morgan fingerprint density at radius 3 is 2.36 bits per heavy atom. The van der Waals surface area contributed by atoms with Crippen LogP contribution in [0.15, 0.2) is 17.2 Å². The van der Waals surface area contributed by atoms with Crippen molar-refractivity contribution in [3.8, 4) is 5.75 Å². The number of nitrogens with zero attached hydrogens (tertiary/aromatic N) is 1. The van der Waals surface area contributed by atoms with Crippen molar-refractivity contribution < 1.29 is 4.74 Å². The number of benzene rings is 1. The van der Waals surface area contributed by atoms with Crippen molar-refractivity contribution in [2.75, 3.05) is 14.2 Å². The summed E-state index contributed by atoms with van der Waals surface area (Å²) in [5, 5.41) is 4.79. The Bertz CT molecular complexity index is 330. The molecule has 0 heterocycles. The molecule has 1 rings (SSSR count). The van der Waals surface area contributed by atoms with E-state index in [1.807, 2.05) is 0 Å². The van der Waals surface area contributed by atoms with E-state index in [9.17, 15) is 0 Å². The van der Waals surface area contributed by atoms with Crippen LogP contribution >= 0.6 is 23.2 Å². The van der Waals surface area contributed by atoms with Crippen LogP contribution in [0.2, 0.25) is 10.0 Å². The highest BCUT2D eigenvalue weighted by Crippen LogP contribution is 2.33. The standard InChI is InChI=1S/C9H10Cl2N2O/c1-12-13-5-6-3-7(10)9(14-2)8(11)4-6/h3-5,12H,1-2H3/b13-5+. The first-order valence-electron chi connectivity index (χ1n) is 3.92. The van der Waals surface area contributed by atoms with Gasteiger partial charge in [0.25, 0.3) is 0 Å². The molecule has 3 nitrogen and oxygen atoms in total. The fraction of sp³-hybridized carbons (Fsp3) is 0.222. The van der Waals surface area contributed by atoms with Crippen LogP contribution in [0.3, 0.4) is 0 Å². The second kappa shape index (κ2) is 5.08. The van der Waals surface area contributed by atoms with Gasteiger partial charge in [-0.2, -0.15) is 5.10 Å². The summed E-state index contributed by atoms with van der Waals surface area (Å²) in [6, 6.07) is 3.46. The lowest BCUT2D eigenvalue weighted by atomic mass is 10.2. The molecule has 1 N–H and O–H groups in total. The van der Waals surface area contributed by atoms with Gasteiger partial charge in [-0.25, -0.2) is 0 Å². The Hall–Kier alpha value is -0.930. The van der Waals surface area contributed by atoms with Crippen molar-refractivity contribution in [2.45, 2.75) is 0 Å². The van der Waals surface area contributed by atoms with E-state index < -0.39 is 0 Å². The van der Waals surface area contributed by atoms with Crippen LogP contribution in [0.25, 0.3) is 0 Å². The highest BCUT2D eigenvalue weighted by molar-refractivity contribution is 6.37. The van der Waals surface area contributed by atoms with Crippen LogP contribution in [0, 0.1) is 0 Å². The van der Waals surface area contributed by atoms with Crippen molar-refractivity contribution in [2.24, 2.45) is 5.10 Å². The zero-order valence-electron chi connectivity index (χ0n) is 7.84. The molecule has 0 aliphatic heterocycles. The molecule has 0 unspecified atom stereocenters. The first-order valence-corrected chi connectivity index (χ1v) is 4.67. The predicted molar refractivity (Wildman–Crippen MR) is 59.7 cm³/mol. The van der Waals surface area contributed by atoms with Crippen LogP contribution in [0.1, 0.15) is 5.56 Å². The summed E-state index contributed by atoms with van der Waals surface area (Å²) in [7, 11) is 3.23. The maximum atomic E-state index is 5.92. The molecule has 0 atom stereocenters. The Labute approximate surface area is 92.7 Å². The molecule has 1 aromatic carbocycles. The fourth-order valence-electron chi connectivity index (χ4n) is 0.988. The minimum Gasteiger partial charge on any atom is -0.494 e. The van der Waals surface area contributed by atoms with Crippen molar-refractivity contribution >= 4 is 29.4 Å². The summed E-state index contributed by atoms with van der Waals surface area (Å²) in [4.78, 5) is 0. The highest BCUT2D eigenvalue weighted by Gasteiger charge is 2.07. The molecular weight excluding hydrogens is 223 g/mol. The van der Waals surface area contributed by atoms with Crippen molar-refractivity contribution in [3.05, 3.63) is 27.7 Å². The normalized spacial score (nSPS) is 10.6. The highest BCUT2D eigenvalue weighted by atomic mass is 35.5. The Balaban J connectivity index is 3.07. The molecule has 5 heteroatoms. The Morgan fingerprint density at radius 1 is 1.36 bits per heavy atom. The fourth-order valence-corrected chi connectivity index (χ4v) is 1.65. The molecule has 0 aliphatic carbocycles. The number of methoxy groups -OCH3 is 1. The van der Waals surface area contributed by atoms with Crippen molar-refractivity contribution in [1.82, 2.24) is 5.43 Å². The molecule has 0 fully saturated rings. The van der Waals surface area contributed by atoms with E-state index in [1.54, 1.807) is 25.4 Å². The zero-order chi connectivity index (χ0) is 10.6. The summed E-state index contributed by atoms with van der Waals surface area (Å²) < 4.78 is 5.01. The quantitative estimate of drug-likeness (QED) is 0.642. The first kappa shape index (κ1) is 11.1. The molecule has 0 saturated heterocycles. The van der Waals surface area contributed by atoms with Gasteiger partial charge < -0.3 is 10.2 Å². The van der Waals surface area contributed by atoms with Gasteiger partial charge in [-0.05, 0) is 17.7 Å². The second-order valence-electron chi connectivity index (χ2n) is 2.50. The number of hydrogen-bond acceptors (Lipinski definition) is 3. The van der Waals surface area contributed by atoms with Crippen LogP contribution in [0.4, 0.5) is 0 Å². The maximum Gasteiger partial charge on any atom is 0.156 e. The van der Waals surface area contributed by atoms with Crippen molar-refractivity contribution in [3.63, 3.8) is 0 Å². The summed E-state index contributed by atoms with van der Waals surface area (Å²) in [6.07, 6.45) is 1.62. The smallest absolute Gasteiger partial charge is 0.156 e. The number of hydrogen-bond donors (Lipinski definition) is 1. The van der Waals surface area contributed by atoms with Gasteiger partial charge in [0.05, 0.1) is 23.4 Å². The molecule has 0 bridgehead atoms. The van der Waals surface area contributed by atoms with Crippen LogP contribution in [0.5, 0.6) is 5.75 Å². The average molecular weight is 233 g/mol. The van der Waals surface area contributed by atoms with E-state index in [2.05, 4.69) is 10.5 Å². The van der Waals surface area contributed by atoms with Crippen LogP contribution in [-0.4, -0.2) is 20.4 Å². The molecule has 0 saturated carbocycles. The minimum absolute atomic E-state index is 0.470. The molecule has 76 valence electrons. The zero-order valence-corrected chi connectivity index (χ0v) is 9.36. The molecular formula is C9H10Cl2N2O. The predicted octanol–water partition coefficient (Wildman–Crippen LogP) is 2.56. The Kier molecular flexibility index (Phi) is 4.04. The molecule has 1 aromatic rings. The topological polar surface area (TPSA) is 33.6 Å². The average Bonchev–Trinajstić information content (AvgIpc) is 2.14. The van der Waals surface area contributed by atoms with Gasteiger partial charge in [-0.15, -0.1) is 0 Å². The van der Waals surface area contributed by atoms with E-state index in [1.165, 1.54) is 7.11 Å². The van der Waals surface area contributed by atoms with Gasteiger partial charge in [0.1, 0.15) is 0 Å². The second-order valence-corrected chi connectivity index (χ2v) is 3.31. The molecule has 0 radical (unpaired) electrons. The van der Waals surface area contributed by atoms with Crippen LogP contribution in [-0.2, 0) is 0 Å². The SMILES string of the molecule is CN/N=C/c1cc(Cl)c(OC)c(Cl)c1. The lowest BCUT2D eigenvalue weighted by Crippen LogP contribution is -1.95. The van der Waals surface area contributed by atoms with E-state index in [-0.39, 0.29) is 0 Å². The minimum atomic E-state index is 0.470. The third-order valence-electron chi connectivity index (χ3n) is 1.57. The number of hydrazone groups is 1. The molecule has 0 aromatic heterocycles. The summed E-state index contributed by atoms with van der Waals surface area (Å²) in [5.41, 5.74) is 3.45. The monoisotopic (exact) mass is 232 g/mol. The van der Waals surface area contributed by atoms with Gasteiger partial charge in [-0.1, -0.05) is 23.2 Å². The summed E-state index contributed by atoms with van der Waals surface area (Å²) in [6.45, 7) is 0. The van der Waals surface area contributed by atoms with E-state index >= 15 is 0 Å². The first-order chi connectivity index (χ1) is 6.69. The lowest BCUT2D eigenvalue weighted by molar-refractivity contribution is 0.415. The van der Waals surface area contributed by atoms with Crippen LogP contribution < -0.4 is 10.2 Å². The molecule has 0 aliphatic rings. The van der Waals surface area contributed by atoms with Gasteiger partial charge >= 0.3 is 0 Å².